The number of methoxy groups -OCH3 is 1. The number of hydrogen-bond acceptors (Lipinski definition) is 10. The first-order chi connectivity index (χ1) is 18.8. The number of ether oxygens (including phenoxy) is 5. The summed E-state index contributed by atoms with van der Waals surface area (Å²) < 4.78 is 56.2. The Labute approximate surface area is 231 Å². The minimum Gasteiger partial charge on any atom is -0.497 e. The third-order valence-electron chi connectivity index (χ3n) is 7.15. The maximum absolute atomic E-state index is 13.8. The van der Waals surface area contributed by atoms with E-state index < -0.39 is 34.3 Å². The molecule has 1 aromatic rings. The first kappa shape index (κ1) is 29.9. The summed E-state index contributed by atoms with van der Waals surface area (Å²) in [4.78, 5) is 12.4. The number of sulfonamides is 1. The van der Waals surface area contributed by atoms with Crippen molar-refractivity contribution in [2.75, 3.05) is 53.1 Å². The summed E-state index contributed by atoms with van der Waals surface area (Å²) in [7, 11) is 3.42. The maximum atomic E-state index is 13.8. The molecule has 0 saturated carbocycles. The Hall–Kier alpha value is -2.10. The molecule has 3 aliphatic rings. The van der Waals surface area contributed by atoms with Crippen molar-refractivity contribution in [3.63, 3.8) is 0 Å². The van der Waals surface area contributed by atoms with Gasteiger partial charge < -0.3 is 39.4 Å². The van der Waals surface area contributed by atoms with Crippen LogP contribution in [0.15, 0.2) is 23.1 Å². The van der Waals surface area contributed by atoms with Gasteiger partial charge in [0.2, 0.25) is 10.0 Å². The Morgan fingerprint density at radius 3 is 2.87 bits per heavy atom. The second-order valence-electron chi connectivity index (χ2n) is 9.89. The topological polar surface area (TPSA) is 145 Å². The predicted octanol–water partition coefficient (Wildman–Crippen LogP) is 0.571. The average Bonchev–Trinajstić information content (AvgIpc) is 3.53. The third kappa shape index (κ3) is 7.77. The van der Waals surface area contributed by atoms with Gasteiger partial charge >= 0.3 is 6.09 Å². The number of nitrogens with one attached hydrogen (secondary N) is 2. The SMILES string of the molecule is [B][C@H](NC(=O)O[C@H]1CO[C@H]2OCC[C@H]21)[C@H](O)CN1CCNCCCCCCOc2cc(OC)ccc2S1(=O)=O. The van der Waals surface area contributed by atoms with E-state index in [1.54, 1.807) is 12.1 Å². The van der Waals surface area contributed by atoms with E-state index in [1.807, 2.05) is 0 Å². The normalized spacial score (nSPS) is 27.7. The van der Waals surface area contributed by atoms with Crippen molar-refractivity contribution in [3.05, 3.63) is 18.2 Å². The molecule has 5 atom stereocenters. The number of fused-ring (bicyclic) bond motifs is 2. The van der Waals surface area contributed by atoms with Gasteiger partial charge in [-0.05, 0) is 37.9 Å². The Bertz CT molecular complexity index is 1060. The highest BCUT2D eigenvalue weighted by Gasteiger charge is 2.44. The van der Waals surface area contributed by atoms with Gasteiger partial charge in [0.1, 0.15) is 30.3 Å². The first-order valence-corrected chi connectivity index (χ1v) is 14.9. The lowest BCUT2D eigenvalue weighted by atomic mass is 9.91. The summed E-state index contributed by atoms with van der Waals surface area (Å²) in [5.74, 6) is -0.686. The Morgan fingerprint density at radius 2 is 2.05 bits per heavy atom. The van der Waals surface area contributed by atoms with Crippen LogP contribution in [0.4, 0.5) is 4.79 Å². The largest absolute Gasteiger partial charge is 0.497 e. The van der Waals surface area contributed by atoms with Crippen molar-refractivity contribution < 1.29 is 42.0 Å². The predicted molar refractivity (Wildman–Crippen MR) is 141 cm³/mol. The molecule has 2 fully saturated rings. The Morgan fingerprint density at radius 1 is 1.23 bits per heavy atom. The van der Waals surface area contributed by atoms with Crippen LogP contribution < -0.4 is 20.1 Å². The second-order valence-corrected chi connectivity index (χ2v) is 11.8. The number of nitrogens with zero attached hydrogens (tertiary/aromatic N) is 1. The molecular formula is C25H38BN3O9S. The van der Waals surface area contributed by atoms with Crippen LogP contribution in [0.3, 0.4) is 0 Å². The fourth-order valence-electron chi connectivity index (χ4n) is 4.88. The van der Waals surface area contributed by atoms with E-state index in [9.17, 15) is 18.3 Å². The molecule has 2 saturated heterocycles. The van der Waals surface area contributed by atoms with Gasteiger partial charge in [0.25, 0.3) is 0 Å². The molecule has 0 spiro atoms. The van der Waals surface area contributed by atoms with Gasteiger partial charge in [-0.1, -0.05) is 12.8 Å². The molecule has 3 aliphatic heterocycles. The number of β-amino-alcohol motifs (C(OH)–C–C–N with tert-alkyl or cyclic N) is 1. The molecule has 0 aliphatic carbocycles. The van der Waals surface area contributed by atoms with Crippen molar-refractivity contribution >= 4 is 24.0 Å². The number of aliphatic hydroxyl groups is 1. The van der Waals surface area contributed by atoms with Crippen molar-refractivity contribution in [1.82, 2.24) is 14.9 Å². The minimum atomic E-state index is -4.12. The number of carbonyl (C=O) groups excluding carboxylic acids is 1. The van der Waals surface area contributed by atoms with Gasteiger partial charge in [0, 0.05) is 31.6 Å². The number of carbonyl (C=O) groups is 1. The van der Waals surface area contributed by atoms with Crippen LogP contribution in [-0.2, 0) is 24.2 Å². The van der Waals surface area contributed by atoms with E-state index >= 15 is 0 Å². The Balaban J connectivity index is 1.45. The standard InChI is InChI=1S/C25H38BN3O9S/c1-34-17-6-7-22-20(14-17)35-12-5-3-2-4-9-27-10-11-29(39(22,32)33)15-19(30)23(26)28-25(31)38-21-16-37-24-18(21)8-13-36-24/h6-7,14,18-19,21,23-24,27,30H,2-5,8-13,15-16H2,1H3,(H,28,31)/t18-,19+,21-,23+,24+/m0/s1. The van der Waals surface area contributed by atoms with Gasteiger partial charge in [0.05, 0.1) is 39.0 Å². The molecule has 1 aromatic carbocycles. The average molecular weight is 567 g/mol. The van der Waals surface area contributed by atoms with Gasteiger partial charge in [-0.3, -0.25) is 0 Å². The highest BCUT2D eigenvalue weighted by molar-refractivity contribution is 7.89. The fraction of sp³-hybridized carbons (Fsp3) is 0.720. The molecule has 216 valence electrons. The molecule has 2 radical (unpaired) electrons. The lowest BCUT2D eigenvalue weighted by molar-refractivity contribution is -0.0907. The molecular weight excluding hydrogens is 529 g/mol. The molecule has 0 bridgehead atoms. The van der Waals surface area contributed by atoms with Crippen LogP contribution in [0.5, 0.6) is 11.5 Å². The molecule has 1 amide bonds. The summed E-state index contributed by atoms with van der Waals surface area (Å²) >= 11 is 0. The second kappa shape index (κ2) is 14.0. The number of benzene rings is 1. The minimum absolute atomic E-state index is 0.0388. The lowest BCUT2D eigenvalue weighted by Crippen LogP contribution is -2.51. The van der Waals surface area contributed by atoms with E-state index in [-0.39, 0.29) is 42.5 Å². The number of hydrogen-bond donors (Lipinski definition) is 3. The highest BCUT2D eigenvalue weighted by Crippen LogP contribution is 2.33. The number of aliphatic hydroxyl groups excluding tert-OH is 1. The van der Waals surface area contributed by atoms with Crippen molar-refractivity contribution in [1.29, 1.82) is 0 Å². The fourth-order valence-corrected chi connectivity index (χ4v) is 6.45. The van der Waals surface area contributed by atoms with Crippen molar-refractivity contribution in [2.45, 2.75) is 61.4 Å². The molecule has 3 heterocycles. The molecule has 39 heavy (non-hydrogen) atoms. The summed E-state index contributed by atoms with van der Waals surface area (Å²) in [6.45, 7) is 1.95. The lowest BCUT2D eigenvalue weighted by Gasteiger charge is -2.29. The quantitative estimate of drug-likeness (QED) is 0.418. The maximum Gasteiger partial charge on any atom is 0.407 e. The van der Waals surface area contributed by atoms with Gasteiger partial charge in [-0.2, -0.15) is 4.31 Å². The van der Waals surface area contributed by atoms with Crippen LogP contribution in [0, 0.1) is 5.92 Å². The molecule has 0 unspecified atom stereocenters. The third-order valence-corrected chi connectivity index (χ3v) is 9.05. The highest BCUT2D eigenvalue weighted by atomic mass is 32.2. The first-order valence-electron chi connectivity index (χ1n) is 13.5. The van der Waals surface area contributed by atoms with Crippen LogP contribution >= 0.6 is 0 Å². The van der Waals surface area contributed by atoms with Crippen LogP contribution in [-0.4, -0.2) is 109 Å². The molecule has 12 nitrogen and oxygen atoms in total. The van der Waals surface area contributed by atoms with Crippen LogP contribution in [0.1, 0.15) is 32.1 Å². The monoisotopic (exact) mass is 567 g/mol. The number of amides is 1. The summed E-state index contributed by atoms with van der Waals surface area (Å²) in [6.07, 6.45) is 1.36. The zero-order chi connectivity index (χ0) is 27.8. The van der Waals surface area contributed by atoms with Gasteiger partial charge in [-0.15, -0.1) is 0 Å². The number of alkyl carbamates (subject to hydrolysis) is 1. The number of rotatable bonds is 6. The van der Waals surface area contributed by atoms with E-state index in [1.165, 1.54) is 13.2 Å². The van der Waals surface area contributed by atoms with Gasteiger partial charge in [-0.25, -0.2) is 13.2 Å². The summed E-state index contributed by atoms with van der Waals surface area (Å²) in [6, 6.07) is 4.52. The Kier molecular flexibility index (Phi) is 10.7. The molecule has 3 N–H and O–H groups in total. The summed E-state index contributed by atoms with van der Waals surface area (Å²) in [5, 5.41) is 16.5. The van der Waals surface area contributed by atoms with E-state index in [0.29, 0.717) is 25.5 Å². The van der Waals surface area contributed by atoms with Crippen LogP contribution in [0.2, 0.25) is 0 Å². The van der Waals surface area contributed by atoms with E-state index in [4.69, 9.17) is 31.5 Å². The van der Waals surface area contributed by atoms with Gasteiger partial charge in [0.15, 0.2) is 6.29 Å². The molecule has 4 rings (SSSR count). The van der Waals surface area contributed by atoms with E-state index in [0.717, 1.165) is 43.0 Å². The van der Waals surface area contributed by atoms with Crippen molar-refractivity contribution in [2.24, 2.45) is 5.92 Å². The van der Waals surface area contributed by atoms with Crippen LogP contribution in [0.25, 0.3) is 0 Å². The van der Waals surface area contributed by atoms with E-state index in [2.05, 4.69) is 10.6 Å². The zero-order valence-corrected chi connectivity index (χ0v) is 23.1. The molecule has 14 heteroatoms. The van der Waals surface area contributed by atoms with Crippen molar-refractivity contribution in [3.8, 4) is 11.5 Å². The molecule has 0 aromatic heterocycles. The smallest absolute Gasteiger partial charge is 0.407 e. The zero-order valence-electron chi connectivity index (χ0n) is 22.3. The summed E-state index contributed by atoms with van der Waals surface area (Å²) in [5.41, 5.74) is 0.